The van der Waals surface area contributed by atoms with E-state index < -0.39 is 0 Å². The molecule has 0 amide bonds. The first-order valence-electron chi connectivity index (χ1n) is 19.7. The summed E-state index contributed by atoms with van der Waals surface area (Å²) in [5, 5.41) is 9.86. The molecule has 266 valence electrons. The molecule has 1 saturated carbocycles. The Morgan fingerprint density at radius 2 is 0.982 bits per heavy atom. The highest BCUT2D eigenvalue weighted by Gasteiger charge is 2.44. The third-order valence-corrected chi connectivity index (χ3v) is 11.9. The van der Waals surface area contributed by atoms with Gasteiger partial charge in [0.2, 0.25) is 0 Å². The topological polar surface area (TPSA) is 49.6 Å². The largest absolute Gasteiger partial charge is 0.228 e. The van der Waals surface area contributed by atoms with Gasteiger partial charge in [0.25, 0.3) is 0 Å². The number of nitriles is 1. The minimum absolute atomic E-state index is 0.0172. The van der Waals surface area contributed by atoms with Crippen LogP contribution in [0.4, 0.5) is 0 Å². The summed E-state index contributed by atoms with van der Waals surface area (Å²) in [6.07, 6.45) is 5.97. The second-order valence-electron chi connectivity index (χ2n) is 15.2. The minimum atomic E-state index is -0.0172. The van der Waals surface area contributed by atoms with Crippen LogP contribution in [0.2, 0.25) is 0 Å². The third-order valence-electron chi connectivity index (χ3n) is 11.9. The SMILES string of the molecule is N#Cc1ccc2c(c1)C1(CCCCC1)c1cccc(-c3cccc(-c4cccc(-c5cc(-c6ccc(-c7ccccc7)cc6)nc(-c6ccccc6)n5)c4)c3)c1-2. The van der Waals surface area contributed by atoms with Crippen molar-refractivity contribution in [3.63, 3.8) is 0 Å². The molecule has 3 heteroatoms. The zero-order chi connectivity index (χ0) is 37.5. The molecule has 0 saturated heterocycles. The molecule has 0 atom stereocenters. The number of hydrogen-bond acceptors (Lipinski definition) is 3. The van der Waals surface area contributed by atoms with Crippen molar-refractivity contribution >= 4 is 0 Å². The van der Waals surface area contributed by atoms with Gasteiger partial charge < -0.3 is 0 Å². The highest BCUT2D eigenvalue weighted by Crippen LogP contribution is 2.58. The molecule has 0 bridgehead atoms. The molecule has 0 radical (unpaired) electrons. The highest BCUT2D eigenvalue weighted by molar-refractivity contribution is 5.94. The molecule has 0 N–H and O–H groups in total. The Morgan fingerprint density at radius 1 is 0.411 bits per heavy atom. The van der Waals surface area contributed by atoms with E-state index in [0.29, 0.717) is 5.82 Å². The van der Waals surface area contributed by atoms with Crippen LogP contribution in [0.5, 0.6) is 0 Å². The van der Waals surface area contributed by atoms with Crippen LogP contribution in [0.1, 0.15) is 48.8 Å². The van der Waals surface area contributed by atoms with E-state index in [1.54, 1.807) is 0 Å². The number of aromatic nitrogens is 2. The average Bonchev–Trinajstić information content (AvgIpc) is 3.55. The first-order chi connectivity index (χ1) is 27.7. The van der Waals surface area contributed by atoms with Gasteiger partial charge in [-0.2, -0.15) is 5.26 Å². The molecular formula is C53H39N3. The van der Waals surface area contributed by atoms with Crippen LogP contribution in [0.3, 0.4) is 0 Å². The zero-order valence-electron chi connectivity index (χ0n) is 31.1. The summed E-state index contributed by atoms with van der Waals surface area (Å²) in [5.41, 5.74) is 18.0. The lowest BCUT2D eigenvalue weighted by atomic mass is 9.67. The molecule has 7 aromatic carbocycles. The molecule has 1 heterocycles. The number of benzene rings is 7. The molecule has 8 aromatic rings. The van der Waals surface area contributed by atoms with Crippen LogP contribution >= 0.6 is 0 Å². The predicted octanol–water partition coefficient (Wildman–Crippen LogP) is 13.6. The summed E-state index contributed by atoms with van der Waals surface area (Å²) in [6.45, 7) is 0. The summed E-state index contributed by atoms with van der Waals surface area (Å²) in [5.74, 6) is 0.702. The number of hydrogen-bond donors (Lipinski definition) is 0. The summed E-state index contributed by atoms with van der Waals surface area (Å²) in [6, 6.07) is 64.8. The van der Waals surface area contributed by atoms with E-state index in [0.717, 1.165) is 57.6 Å². The van der Waals surface area contributed by atoms with E-state index in [1.807, 2.05) is 30.3 Å². The van der Waals surface area contributed by atoms with Crippen molar-refractivity contribution in [2.45, 2.75) is 37.5 Å². The lowest BCUT2D eigenvalue weighted by Gasteiger charge is -2.36. The van der Waals surface area contributed by atoms with Crippen LogP contribution < -0.4 is 0 Å². The predicted molar refractivity (Wildman–Crippen MR) is 229 cm³/mol. The van der Waals surface area contributed by atoms with E-state index >= 15 is 0 Å². The molecule has 0 unspecified atom stereocenters. The number of rotatable bonds is 6. The Morgan fingerprint density at radius 3 is 1.70 bits per heavy atom. The summed E-state index contributed by atoms with van der Waals surface area (Å²) in [7, 11) is 0. The molecule has 0 aliphatic heterocycles. The van der Waals surface area contributed by atoms with Gasteiger partial charge in [0.15, 0.2) is 5.82 Å². The summed E-state index contributed by atoms with van der Waals surface area (Å²) in [4.78, 5) is 10.2. The van der Waals surface area contributed by atoms with Crippen molar-refractivity contribution < 1.29 is 0 Å². The van der Waals surface area contributed by atoms with Crippen molar-refractivity contribution in [1.82, 2.24) is 9.97 Å². The molecule has 1 aromatic heterocycles. The number of nitrogens with zero attached hydrogens (tertiary/aromatic N) is 3. The lowest BCUT2D eigenvalue weighted by molar-refractivity contribution is 0.353. The Bertz CT molecular complexity index is 2770. The maximum Gasteiger partial charge on any atom is 0.160 e. The highest BCUT2D eigenvalue weighted by atomic mass is 14.9. The zero-order valence-corrected chi connectivity index (χ0v) is 31.1. The molecule has 1 fully saturated rings. The molecule has 3 nitrogen and oxygen atoms in total. The van der Waals surface area contributed by atoms with Crippen molar-refractivity contribution in [2.75, 3.05) is 0 Å². The van der Waals surface area contributed by atoms with Crippen molar-refractivity contribution in [2.24, 2.45) is 0 Å². The van der Waals surface area contributed by atoms with Gasteiger partial charge in [0.05, 0.1) is 23.0 Å². The van der Waals surface area contributed by atoms with Crippen molar-refractivity contribution in [1.29, 1.82) is 5.26 Å². The van der Waals surface area contributed by atoms with Crippen LogP contribution in [-0.4, -0.2) is 9.97 Å². The van der Waals surface area contributed by atoms with Crippen molar-refractivity contribution in [3.05, 3.63) is 193 Å². The van der Waals surface area contributed by atoms with E-state index in [9.17, 15) is 5.26 Å². The molecule has 1 spiro atoms. The van der Waals surface area contributed by atoms with Crippen LogP contribution in [0.15, 0.2) is 176 Å². The standard InChI is InChI=1S/C53H39N3/c54-35-36-23-28-46-48(31-36)53(29-8-3-9-30-53)47-22-12-21-45(51(46)47)43-19-10-17-41(32-43)42-18-11-20-44(33-42)50-34-49(55-52(56-50)40-15-6-2-7-16-40)39-26-24-38(25-27-39)37-13-4-1-5-14-37/h1-2,4-7,10-28,31-34H,3,8-9,29-30H2. The smallest absolute Gasteiger partial charge is 0.160 e. The summed E-state index contributed by atoms with van der Waals surface area (Å²) < 4.78 is 0. The van der Waals surface area contributed by atoms with Gasteiger partial charge in [0, 0.05) is 22.1 Å². The van der Waals surface area contributed by atoms with Crippen LogP contribution in [-0.2, 0) is 5.41 Å². The Hall–Kier alpha value is -6.89. The molecular weight excluding hydrogens is 679 g/mol. The second kappa shape index (κ2) is 14.1. The first kappa shape index (κ1) is 33.7. The van der Waals surface area contributed by atoms with E-state index in [4.69, 9.17) is 9.97 Å². The normalized spacial score (nSPS) is 13.8. The molecule has 2 aliphatic carbocycles. The lowest BCUT2D eigenvalue weighted by Crippen LogP contribution is -2.28. The third kappa shape index (κ3) is 5.92. The average molecular weight is 718 g/mol. The van der Waals surface area contributed by atoms with Gasteiger partial charge in [-0.05, 0) is 98.8 Å². The van der Waals surface area contributed by atoms with Crippen molar-refractivity contribution in [3.8, 4) is 84.5 Å². The van der Waals surface area contributed by atoms with Crippen LogP contribution in [0.25, 0.3) is 78.4 Å². The maximum atomic E-state index is 9.86. The maximum absolute atomic E-state index is 9.86. The van der Waals surface area contributed by atoms with Gasteiger partial charge >= 0.3 is 0 Å². The number of fused-ring (bicyclic) bond motifs is 5. The van der Waals surface area contributed by atoms with E-state index in [2.05, 4.69) is 152 Å². The van der Waals surface area contributed by atoms with Gasteiger partial charge in [-0.3, -0.25) is 0 Å². The Labute approximate surface area is 328 Å². The van der Waals surface area contributed by atoms with E-state index in [-0.39, 0.29) is 5.41 Å². The van der Waals surface area contributed by atoms with E-state index in [1.165, 1.54) is 63.8 Å². The Kier molecular flexibility index (Phi) is 8.46. The van der Waals surface area contributed by atoms with Gasteiger partial charge in [-0.15, -0.1) is 0 Å². The fourth-order valence-corrected chi connectivity index (χ4v) is 9.20. The molecule has 10 rings (SSSR count). The molecule has 2 aliphatic rings. The van der Waals surface area contributed by atoms with Gasteiger partial charge in [0.1, 0.15) is 0 Å². The second-order valence-corrected chi connectivity index (χ2v) is 15.2. The van der Waals surface area contributed by atoms with Crippen LogP contribution in [0, 0.1) is 11.3 Å². The summed E-state index contributed by atoms with van der Waals surface area (Å²) >= 11 is 0. The fraction of sp³-hybridized carbons (Fsp3) is 0.113. The molecule has 56 heavy (non-hydrogen) atoms. The minimum Gasteiger partial charge on any atom is -0.228 e. The fourth-order valence-electron chi connectivity index (χ4n) is 9.20. The van der Waals surface area contributed by atoms with Gasteiger partial charge in [-0.1, -0.05) is 165 Å². The quantitative estimate of drug-likeness (QED) is 0.172. The first-order valence-corrected chi connectivity index (χ1v) is 19.7. The Balaban J connectivity index is 1.04. The van der Waals surface area contributed by atoms with Gasteiger partial charge in [-0.25, -0.2) is 9.97 Å². The monoisotopic (exact) mass is 717 g/mol.